The molecule has 1 aromatic carbocycles. The van der Waals surface area contributed by atoms with Gasteiger partial charge in [-0.1, -0.05) is 30.3 Å². The summed E-state index contributed by atoms with van der Waals surface area (Å²) in [6.07, 6.45) is 1.66. The highest BCUT2D eigenvalue weighted by Crippen LogP contribution is 2.57. The van der Waals surface area contributed by atoms with E-state index in [1.165, 1.54) is 5.56 Å². The zero-order valence-electron chi connectivity index (χ0n) is 9.63. The first-order chi connectivity index (χ1) is 7.74. The minimum Gasteiger partial charge on any atom is -0.318 e. The lowest BCUT2D eigenvalue weighted by Crippen LogP contribution is -2.38. The monoisotopic (exact) mass is 239 g/mol. The lowest BCUT2D eigenvalue weighted by Gasteiger charge is -2.39. The topological polar surface area (TPSA) is 29.5 Å². The smallest absolute Gasteiger partial charge is 0.273 e. The third kappa shape index (κ3) is 2.54. The van der Waals surface area contributed by atoms with Crippen molar-refractivity contribution in [2.45, 2.75) is 13.3 Å². The Kier molecular flexibility index (Phi) is 3.80. The molecule has 0 bridgehead atoms. The molecule has 4 heteroatoms. The minimum atomic E-state index is -2.41. The van der Waals surface area contributed by atoms with E-state index in [4.69, 9.17) is 4.52 Å². The number of nitrogens with zero attached hydrogens (tertiary/aromatic N) is 1. The van der Waals surface area contributed by atoms with Gasteiger partial charge in [-0.3, -0.25) is 4.57 Å². The summed E-state index contributed by atoms with van der Waals surface area (Å²) in [7, 11) is -2.41. The Morgan fingerprint density at radius 3 is 2.69 bits per heavy atom. The molecule has 0 aromatic heterocycles. The van der Waals surface area contributed by atoms with Crippen molar-refractivity contribution >= 4 is 7.52 Å². The van der Waals surface area contributed by atoms with E-state index in [-0.39, 0.29) is 0 Å². The van der Waals surface area contributed by atoms with Crippen molar-refractivity contribution in [2.24, 2.45) is 0 Å². The van der Waals surface area contributed by atoms with Crippen LogP contribution in [0.15, 0.2) is 30.3 Å². The minimum absolute atomic E-state index is 0.541. The molecule has 1 unspecified atom stereocenters. The van der Waals surface area contributed by atoms with Crippen LogP contribution < -0.4 is 0 Å². The van der Waals surface area contributed by atoms with Gasteiger partial charge in [0.2, 0.25) is 0 Å². The molecule has 2 rings (SSSR count). The molecule has 16 heavy (non-hydrogen) atoms. The Hall–Kier alpha value is -0.630. The molecule has 1 atom stereocenters. The van der Waals surface area contributed by atoms with E-state index in [1.54, 1.807) is 0 Å². The van der Waals surface area contributed by atoms with E-state index in [2.05, 4.69) is 12.1 Å². The van der Waals surface area contributed by atoms with Crippen LogP contribution in [-0.4, -0.2) is 30.5 Å². The van der Waals surface area contributed by atoms with Gasteiger partial charge in [0.1, 0.15) is 0 Å². The van der Waals surface area contributed by atoms with Crippen LogP contribution >= 0.6 is 7.52 Å². The van der Waals surface area contributed by atoms with Crippen molar-refractivity contribution in [3.05, 3.63) is 35.9 Å². The van der Waals surface area contributed by atoms with Gasteiger partial charge in [-0.15, -0.1) is 0 Å². The van der Waals surface area contributed by atoms with E-state index in [1.807, 2.05) is 29.8 Å². The van der Waals surface area contributed by atoms with Gasteiger partial charge in [0.05, 0.1) is 12.8 Å². The highest BCUT2D eigenvalue weighted by molar-refractivity contribution is 7.58. The summed E-state index contributed by atoms with van der Waals surface area (Å²) >= 11 is 0. The van der Waals surface area contributed by atoms with Crippen LogP contribution in [0.25, 0.3) is 0 Å². The largest absolute Gasteiger partial charge is 0.318 e. The molecule has 0 spiro atoms. The van der Waals surface area contributed by atoms with Crippen LogP contribution in [0.5, 0.6) is 0 Å². The number of benzene rings is 1. The van der Waals surface area contributed by atoms with E-state index >= 15 is 0 Å². The molecule has 1 aliphatic rings. The summed E-state index contributed by atoms with van der Waals surface area (Å²) in [4.78, 5) is 0. The number of hydrogen-bond acceptors (Lipinski definition) is 2. The van der Waals surface area contributed by atoms with Crippen LogP contribution in [-0.2, 0) is 15.5 Å². The first-order valence-electron chi connectivity index (χ1n) is 5.77. The fraction of sp³-hybridized carbons (Fsp3) is 0.500. The molecular formula is C12H18NO2P. The van der Waals surface area contributed by atoms with E-state index in [0.717, 1.165) is 25.7 Å². The van der Waals surface area contributed by atoms with Crippen molar-refractivity contribution in [3.8, 4) is 0 Å². The molecule has 1 aromatic rings. The van der Waals surface area contributed by atoms with Gasteiger partial charge in [-0.2, -0.15) is 0 Å². The van der Waals surface area contributed by atoms with Crippen LogP contribution in [0.1, 0.15) is 12.5 Å². The maximum absolute atomic E-state index is 12.1. The molecular weight excluding hydrogens is 221 g/mol. The molecule has 0 saturated carbocycles. The van der Waals surface area contributed by atoms with Crippen molar-refractivity contribution in [2.75, 3.05) is 25.9 Å². The summed E-state index contributed by atoms with van der Waals surface area (Å²) in [5.74, 6) is 0. The van der Waals surface area contributed by atoms with Gasteiger partial charge in [0.25, 0.3) is 7.52 Å². The molecule has 0 radical (unpaired) electrons. The number of rotatable bonds is 5. The second kappa shape index (κ2) is 5.13. The Morgan fingerprint density at radius 1 is 1.38 bits per heavy atom. The van der Waals surface area contributed by atoms with Crippen molar-refractivity contribution < 1.29 is 9.09 Å². The zero-order chi connectivity index (χ0) is 11.4. The summed E-state index contributed by atoms with van der Waals surface area (Å²) in [6.45, 7) is 4.18. The van der Waals surface area contributed by atoms with Gasteiger partial charge in [0, 0.05) is 13.1 Å². The molecule has 88 valence electrons. The quantitative estimate of drug-likeness (QED) is 0.740. The standard InChI is InChI=1S/C12H18NO2P/c1-2-15-16(14)11-10-13(16)9-8-12-6-4-3-5-7-12/h3-7H,2,8-11H2,1H3. The van der Waals surface area contributed by atoms with Gasteiger partial charge in [-0.25, -0.2) is 4.67 Å². The molecule has 1 aliphatic heterocycles. The third-order valence-electron chi connectivity index (χ3n) is 2.90. The molecule has 0 amide bonds. The van der Waals surface area contributed by atoms with E-state index < -0.39 is 7.52 Å². The van der Waals surface area contributed by atoms with Crippen molar-refractivity contribution in [1.82, 2.24) is 4.67 Å². The summed E-state index contributed by atoms with van der Waals surface area (Å²) in [6, 6.07) is 10.3. The normalized spacial score (nSPS) is 25.3. The van der Waals surface area contributed by atoms with Crippen molar-refractivity contribution in [3.63, 3.8) is 0 Å². The first-order valence-corrected chi connectivity index (χ1v) is 7.54. The Labute approximate surface area is 96.9 Å². The zero-order valence-corrected chi connectivity index (χ0v) is 10.5. The maximum Gasteiger partial charge on any atom is 0.273 e. The Morgan fingerprint density at radius 2 is 2.12 bits per heavy atom. The molecule has 1 heterocycles. The Balaban J connectivity index is 1.85. The second-order valence-corrected chi connectivity index (χ2v) is 6.51. The molecule has 0 N–H and O–H groups in total. The number of hydrogen-bond donors (Lipinski definition) is 0. The average molecular weight is 239 g/mol. The predicted molar refractivity (Wildman–Crippen MR) is 65.8 cm³/mol. The highest BCUT2D eigenvalue weighted by atomic mass is 31.2. The highest BCUT2D eigenvalue weighted by Gasteiger charge is 2.40. The van der Waals surface area contributed by atoms with Crippen LogP contribution in [0.3, 0.4) is 0 Å². The lowest BCUT2D eigenvalue weighted by atomic mass is 10.1. The molecule has 1 saturated heterocycles. The van der Waals surface area contributed by atoms with Gasteiger partial charge in [-0.05, 0) is 18.9 Å². The SMILES string of the molecule is CCOP1(=O)CCN1CCc1ccccc1. The summed E-state index contributed by atoms with van der Waals surface area (Å²) in [5.41, 5.74) is 1.29. The average Bonchev–Trinajstić information content (AvgIpc) is 2.29. The van der Waals surface area contributed by atoms with E-state index in [0.29, 0.717) is 6.61 Å². The fourth-order valence-corrected chi connectivity index (χ4v) is 3.83. The maximum atomic E-state index is 12.1. The van der Waals surface area contributed by atoms with Gasteiger partial charge >= 0.3 is 0 Å². The molecule has 3 nitrogen and oxygen atoms in total. The molecule has 0 aliphatic carbocycles. The lowest BCUT2D eigenvalue weighted by molar-refractivity contribution is 0.244. The summed E-state index contributed by atoms with van der Waals surface area (Å²) < 4.78 is 19.5. The van der Waals surface area contributed by atoms with Crippen LogP contribution in [0.4, 0.5) is 0 Å². The van der Waals surface area contributed by atoms with Crippen LogP contribution in [0.2, 0.25) is 0 Å². The third-order valence-corrected chi connectivity index (χ3v) is 5.59. The van der Waals surface area contributed by atoms with Gasteiger partial charge < -0.3 is 4.52 Å². The first kappa shape index (κ1) is 11.8. The Bertz CT molecular complexity index is 380. The molecule has 1 fully saturated rings. The second-order valence-electron chi connectivity index (χ2n) is 3.97. The predicted octanol–water partition coefficient (Wildman–Crippen LogP) is 2.77. The fourth-order valence-electron chi connectivity index (χ4n) is 1.92. The van der Waals surface area contributed by atoms with Gasteiger partial charge in [0.15, 0.2) is 0 Å². The summed E-state index contributed by atoms with van der Waals surface area (Å²) in [5, 5.41) is 0. The van der Waals surface area contributed by atoms with E-state index in [9.17, 15) is 4.57 Å². The van der Waals surface area contributed by atoms with Crippen molar-refractivity contribution in [1.29, 1.82) is 0 Å². The van der Waals surface area contributed by atoms with Crippen LogP contribution in [0, 0.1) is 0 Å².